The van der Waals surface area contributed by atoms with Gasteiger partial charge >= 0.3 is 11.6 Å². The lowest BCUT2D eigenvalue weighted by atomic mass is 10.1. The van der Waals surface area contributed by atoms with Gasteiger partial charge in [-0.3, -0.25) is 14.9 Å². The van der Waals surface area contributed by atoms with Crippen molar-refractivity contribution in [3.05, 3.63) is 80.2 Å². The number of non-ortho nitro benzene ring substituents is 1. The van der Waals surface area contributed by atoms with Crippen LogP contribution in [0, 0.1) is 10.1 Å². The molecule has 1 aromatic heterocycles. The summed E-state index contributed by atoms with van der Waals surface area (Å²) in [7, 11) is 0. The SMILES string of the molecule is NC(=O)c1cc2ccc(OC(=O)c3cccc([N+](=O)[O-])c3)cc2oc1=O. The van der Waals surface area contributed by atoms with Crippen LogP contribution in [0.5, 0.6) is 5.75 Å². The van der Waals surface area contributed by atoms with Crippen LogP contribution in [0.4, 0.5) is 5.69 Å². The molecule has 9 heteroatoms. The van der Waals surface area contributed by atoms with Gasteiger partial charge in [0, 0.05) is 23.6 Å². The van der Waals surface area contributed by atoms with E-state index >= 15 is 0 Å². The van der Waals surface area contributed by atoms with Gasteiger partial charge in [-0.1, -0.05) is 6.07 Å². The molecule has 1 amide bonds. The molecule has 0 aliphatic heterocycles. The molecule has 0 aliphatic rings. The summed E-state index contributed by atoms with van der Waals surface area (Å²) in [5.41, 5.74) is 3.71. The summed E-state index contributed by atoms with van der Waals surface area (Å²) in [6.07, 6.45) is 0. The minimum absolute atomic E-state index is 0.00942. The number of carbonyl (C=O) groups excluding carboxylic acids is 2. The van der Waals surface area contributed by atoms with Crippen molar-refractivity contribution >= 4 is 28.5 Å². The van der Waals surface area contributed by atoms with E-state index in [0.29, 0.717) is 5.39 Å². The molecule has 2 N–H and O–H groups in total. The molecule has 9 nitrogen and oxygen atoms in total. The predicted molar refractivity (Wildman–Crippen MR) is 89.1 cm³/mol. The fraction of sp³-hybridized carbons (Fsp3) is 0. The number of rotatable bonds is 4. The van der Waals surface area contributed by atoms with Gasteiger partial charge in [-0.2, -0.15) is 0 Å². The first-order valence-corrected chi connectivity index (χ1v) is 7.19. The zero-order valence-corrected chi connectivity index (χ0v) is 13.0. The molecule has 0 aliphatic carbocycles. The van der Waals surface area contributed by atoms with E-state index in [-0.39, 0.29) is 28.1 Å². The number of benzene rings is 2. The number of nitro groups is 1. The first-order valence-electron chi connectivity index (χ1n) is 7.19. The molecular formula is C17H10N2O7. The first-order chi connectivity index (χ1) is 12.3. The molecule has 26 heavy (non-hydrogen) atoms. The summed E-state index contributed by atoms with van der Waals surface area (Å²) in [5.74, 6) is -1.67. The Kier molecular flexibility index (Phi) is 4.19. The maximum absolute atomic E-state index is 12.1. The number of nitrogens with zero attached hydrogens (tertiary/aromatic N) is 1. The summed E-state index contributed by atoms with van der Waals surface area (Å²) >= 11 is 0. The van der Waals surface area contributed by atoms with Crippen LogP contribution in [0.1, 0.15) is 20.7 Å². The highest BCUT2D eigenvalue weighted by molar-refractivity contribution is 5.96. The van der Waals surface area contributed by atoms with Crippen LogP contribution in [-0.4, -0.2) is 16.8 Å². The number of fused-ring (bicyclic) bond motifs is 1. The van der Waals surface area contributed by atoms with Crippen molar-refractivity contribution in [2.24, 2.45) is 5.73 Å². The van der Waals surface area contributed by atoms with E-state index < -0.39 is 22.4 Å². The van der Waals surface area contributed by atoms with E-state index in [1.807, 2.05) is 0 Å². The van der Waals surface area contributed by atoms with Crippen molar-refractivity contribution in [1.82, 2.24) is 0 Å². The highest BCUT2D eigenvalue weighted by Crippen LogP contribution is 2.22. The molecule has 130 valence electrons. The number of hydrogen-bond acceptors (Lipinski definition) is 7. The topological polar surface area (TPSA) is 143 Å². The van der Waals surface area contributed by atoms with E-state index in [1.165, 1.54) is 42.5 Å². The van der Waals surface area contributed by atoms with Gasteiger partial charge in [0.25, 0.3) is 11.6 Å². The fourth-order valence-corrected chi connectivity index (χ4v) is 2.24. The van der Waals surface area contributed by atoms with Crippen molar-refractivity contribution in [3.63, 3.8) is 0 Å². The summed E-state index contributed by atoms with van der Waals surface area (Å²) in [6.45, 7) is 0. The Hall–Kier alpha value is -4.01. The standard InChI is InChI=1S/C17H10N2O7/c18-15(20)13-7-9-4-5-12(8-14(9)26-17(13)22)25-16(21)10-2-1-3-11(6-10)19(23)24/h1-8H,(H2,18,20). The lowest BCUT2D eigenvalue weighted by molar-refractivity contribution is -0.384. The number of carbonyl (C=O) groups is 2. The van der Waals surface area contributed by atoms with Crippen molar-refractivity contribution < 1.29 is 23.7 Å². The number of hydrogen-bond donors (Lipinski definition) is 1. The van der Waals surface area contributed by atoms with E-state index in [2.05, 4.69) is 0 Å². The Morgan fingerprint density at radius 2 is 1.88 bits per heavy atom. The molecule has 0 saturated carbocycles. The third kappa shape index (κ3) is 3.26. The second-order valence-electron chi connectivity index (χ2n) is 5.21. The van der Waals surface area contributed by atoms with E-state index in [9.17, 15) is 24.5 Å². The van der Waals surface area contributed by atoms with Gasteiger partial charge in [0.1, 0.15) is 16.9 Å². The maximum Gasteiger partial charge on any atom is 0.349 e. The number of ether oxygens (including phenoxy) is 1. The van der Waals surface area contributed by atoms with Crippen LogP contribution in [0.15, 0.2) is 57.7 Å². The molecule has 3 rings (SSSR count). The molecule has 2 aromatic carbocycles. The lowest BCUT2D eigenvalue weighted by Crippen LogP contribution is -2.20. The molecule has 0 unspecified atom stereocenters. The number of nitrogens with two attached hydrogens (primary N) is 1. The van der Waals surface area contributed by atoms with Crippen LogP contribution in [0.3, 0.4) is 0 Å². The normalized spacial score (nSPS) is 10.5. The minimum Gasteiger partial charge on any atom is -0.423 e. The quantitative estimate of drug-likeness (QED) is 0.248. The summed E-state index contributed by atoms with van der Waals surface area (Å²) < 4.78 is 10.1. The molecule has 1 heterocycles. The molecule has 0 radical (unpaired) electrons. The van der Waals surface area contributed by atoms with E-state index in [0.717, 1.165) is 6.07 Å². The Morgan fingerprint density at radius 3 is 2.58 bits per heavy atom. The van der Waals surface area contributed by atoms with Gasteiger partial charge in [-0.05, 0) is 24.3 Å². The highest BCUT2D eigenvalue weighted by atomic mass is 16.6. The fourth-order valence-electron chi connectivity index (χ4n) is 2.24. The third-order valence-corrected chi connectivity index (χ3v) is 3.48. The van der Waals surface area contributed by atoms with Gasteiger partial charge in [0.2, 0.25) is 0 Å². The molecule has 0 spiro atoms. The summed E-state index contributed by atoms with van der Waals surface area (Å²) in [6, 6.07) is 10.5. The van der Waals surface area contributed by atoms with Gasteiger partial charge in [-0.25, -0.2) is 9.59 Å². The molecule has 3 aromatic rings. The maximum atomic E-state index is 12.1. The zero-order valence-electron chi connectivity index (χ0n) is 13.0. The minimum atomic E-state index is -0.915. The van der Waals surface area contributed by atoms with Gasteiger partial charge in [-0.15, -0.1) is 0 Å². The van der Waals surface area contributed by atoms with Crippen LogP contribution in [0.25, 0.3) is 11.0 Å². The molecule has 0 saturated heterocycles. The lowest BCUT2D eigenvalue weighted by Gasteiger charge is -2.05. The largest absolute Gasteiger partial charge is 0.423 e. The Bertz CT molecular complexity index is 1120. The highest BCUT2D eigenvalue weighted by Gasteiger charge is 2.15. The molecule has 0 atom stereocenters. The van der Waals surface area contributed by atoms with Crippen LogP contribution in [-0.2, 0) is 0 Å². The molecular weight excluding hydrogens is 344 g/mol. The zero-order chi connectivity index (χ0) is 18.8. The average Bonchev–Trinajstić information content (AvgIpc) is 2.60. The smallest absolute Gasteiger partial charge is 0.349 e. The van der Waals surface area contributed by atoms with Crippen molar-refractivity contribution in [2.45, 2.75) is 0 Å². The number of primary amides is 1. The van der Waals surface area contributed by atoms with Crippen LogP contribution < -0.4 is 16.1 Å². The van der Waals surface area contributed by atoms with Gasteiger partial charge in [0.05, 0.1) is 10.5 Å². The summed E-state index contributed by atoms with van der Waals surface area (Å²) in [5, 5.41) is 11.2. The van der Waals surface area contributed by atoms with E-state index in [4.69, 9.17) is 14.9 Å². The monoisotopic (exact) mass is 354 g/mol. The molecule has 0 bridgehead atoms. The number of nitro benzene ring substituents is 1. The van der Waals surface area contributed by atoms with Crippen molar-refractivity contribution in [2.75, 3.05) is 0 Å². The second kappa shape index (κ2) is 6.48. The number of esters is 1. The van der Waals surface area contributed by atoms with E-state index in [1.54, 1.807) is 0 Å². The average molecular weight is 354 g/mol. The van der Waals surface area contributed by atoms with Crippen LogP contribution >= 0.6 is 0 Å². The predicted octanol–water partition coefficient (Wildman–Crippen LogP) is 2.02. The van der Waals surface area contributed by atoms with Crippen molar-refractivity contribution in [3.8, 4) is 5.75 Å². The second-order valence-corrected chi connectivity index (χ2v) is 5.21. The molecule has 0 fully saturated rings. The number of amides is 1. The summed E-state index contributed by atoms with van der Waals surface area (Å²) in [4.78, 5) is 45.1. The van der Waals surface area contributed by atoms with Crippen molar-refractivity contribution in [1.29, 1.82) is 0 Å². The Morgan fingerprint density at radius 1 is 1.12 bits per heavy atom. The third-order valence-electron chi connectivity index (χ3n) is 3.48. The Labute approximate surface area is 144 Å². The van der Waals surface area contributed by atoms with Gasteiger partial charge < -0.3 is 14.9 Å². The van der Waals surface area contributed by atoms with Crippen LogP contribution in [0.2, 0.25) is 0 Å². The Balaban J connectivity index is 1.91. The van der Waals surface area contributed by atoms with Gasteiger partial charge in [0.15, 0.2) is 0 Å². The first kappa shape index (κ1) is 16.8.